The van der Waals surface area contributed by atoms with Crippen molar-refractivity contribution in [2.45, 2.75) is 41.0 Å². The third-order valence-electron chi connectivity index (χ3n) is 3.65. The monoisotopic (exact) mass is 170 g/mol. The Morgan fingerprint density at radius 3 is 2.00 bits per heavy atom. The Bertz CT molecular complexity index is 147. The molecule has 1 rings (SSSR count). The molecule has 0 saturated carbocycles. The van der Waals surface area contributed by atoms with Crippen LogP contribution in [0.3, 0.4) is 0 Å². The van der Waals surface area contributed by atoms with E-state index in [0.29, 0.717) is 10.8 Å². The highest BCUT2D eigenvalue weighted by Gasteiger charge is 2.46. The Kier molecular flexibility index (Phi) is 2.53. The smallest absolute Gasteiger partial charge is 0.0530 e. The molecule has 0 aliphatic carbocycles. The second-order valence-corrected chi connectivity index (χ2v) is 5.36. The van der Waals surface area contributed by atoms with Crippen LogP contribution in [-0.2, 0) is 4.74 Å². The van der Waals surface area contributed by atoms with E-state index >= 15 is 0 Å². The Hall–Kier alpha value is -0.0400. The van der Waals surface area contributed by atoms with Gasteiger partial charge in [0.05, 0.1) is 6.61 Å². The summed E-state index contributed by atoms with van der Waals surface area (Å²) in [5, 5.41) is 0. The van der Waals surface area contributed by atoms with Crippen LogP contribution in [-0.4, -0.2) is 13.2 Å². The summed E-state index contributed by atoms with van der Waals surface area (Å²) in [6.07, 6.45) is 1.23. The third-order valence-corrected chi connectivity index (χ3v) is 3.65. The van der Waals surface area contributed by atoms with E-state index in [1.807, 2.05) is 0 Å². The Balaban J connectivity index is 2.87. The zero-order valence-corrected chi connectivity index (χ0v) is 9.11. The van der Waals surface area contributed by atoms with Crippen molar-refractivity contribution in [1.82, 2.24) is 0 Å². The average molecular weight is 170 g/mol. The lowest BCUT2D eigenvalue weighted by atomic mass is 9.60. The molecule has 1 nitrogen and oxygen atoms in total. The van der Waals surface area contributed by atoms with Crippen molar-refractivity contribution in [2.24, 2.45) is 16.7 Å². The van der Waals surface area contributed by atoms with Gasteiger partial charge in [-0.15, -0.1) is 0 Å². The molecule has 1 unspecified atom stereocenters. The van der Waals surface area contributed by atoms with Gasteiger partial charge in [-0.25, -0.2) is 0 Å². The summed E-state index contributed by atoms with van der Waals surface area (Å²) in [6, 6.07) is 0. The number of ether oxygens (including phenoxy) is 1. The summed E-state index contributed by atoms with van der Waals surface area (Å²) < 4.78 is 5.55. The van der Waals surface area contributed by atoms with Crippen LogP contribution in [0.5, 0.6) is 0 Å². The predicted octanol–water partition coefficient (Wildman–Crippen LogP) is 3.10. The largest absolute Gasteiger partial charge is 0.381 e. The third kappa shape index (κ3) is 1.39. The van der Waals surface area contributed by atoms with Crippen LogP contribution in [0.1, 0.15) is 41.0 Å². The molecule has 0 spiro atoms. The summed E-state index contributed by atoms with van der Waals surface area (Å²) in [4.78, 5) is 0. The van der Waals surface area contributed by atoms with Crippen LogP contribution in [0.25, 0.3) is 0 Å². The highest BCUT2D eigenvalue weighted by atomic mass is 16.5. The van der Waals surface area contributed by atoms with Crippen LogP contribution in [0, 0.1) is 16.7 Å². The zero-order chi connectivity index (χ0) is 9.41. The van der Waals surface area contributed by atoms with Crippen molar-refractivity contribution in [3.05, 3.63) is 0 Å². The van der Waals surface area contributed by atoms with Gasteiger partial charge in [-0.05, 0) is 17.8 Å². The van der Waals surface area contributed by atoms with Gasteiger partial charge in [-0.1, -0.05) is 34.6 Å². The summed E-state index contributed by atoms with van der Waals surface area (Å²) in [5.74, 6) is 0.722. The molecule has 1 saturated heterocycles. The van der Waals surface area contributed by atoms with Crippen LogP contribution in [0.4, 0.5) is 0 Å². The van der Waals surface area contributed by atoms with Gasteiger partial charge in [-0.2, -0.15) is 0 Å². The molecule has 0 aromatic carbocycles. The summed E-state index contributed by atoms with van der Waals surface area (Å²) in [7, 11) is 0. The quantitative estimate of drug-likeness (QED) is 0.587. The van der Waals surface area contributed by atoms with Crippen molar-refractivity contribution < 1.29 is 4.74 Å². The van der Waals surface area contributed by atoms with E-state index < -0.39 is 0 Å². The van der Waals surface area contributed by atoms with E-state index in [4.69, 9.17) is 4.74 Å². The van der Waals surface area contributed by atoms with Crippen molar-refractivity contribution >= 4 is 0 Å². The average Bonchev–Trinajstić information content (AvgIpc) is 2.31. The van der Waals surface area contributed by atoms with Crippen molar-refractivity contribution in [2.75, 3.05) is 13.2 Å². The maximum Gasteiger partial charge on any atom is 0.0530 e. The first kappa shape index (κ1) is 10.0. The molecular weight excluding hydrogens is 148 g/mol. The van der Waals surface area contributed by atoms with Crippen LogP contribution >= 0.6 is 0 Å². The topological polar surface area (TPSA) is 9.23 Å². The van der Waals surface area contributed by atoms with Crippen molar-refractivity contribution in [3.8, 4) is 0 Å². The molecule has 1 atom stereocenters. The maximum absolute atomic E-state index is 5.55. The van der Waals surface area contributed by atoms with Crippen LogP contribution in [0.2, 0.25) is 0 Å². The summed E-state index contributed by atoms with van der Waals surface area (Å²) in [6.45, 7) is 13.6. The van der Waals surface area contributed by atoms with Gasteiger partial charge >= 0.3 is 0 Å². The van der Waals surface area contributed by atoms with E-state index in [1.165, 1.54) is 6.42 Å². The first-order valence-electron chi connectivity index (χ1n) is 4.98. The molecule has 1 fully saturated rings. The summed E-state index contributed by atoms with van der Waals surface area (Å²) in [5.41, 5.74) is 0.782. The van der Waals surface area contributed by atoms with Gasteiger partial charge in [-0.3, -0.25) is 0 Å². The van der Waals surface area contributed by atoms with Crippen molar-refractivity contribution in [1.29, 1.82) is 0 Å². The molecular formula is C11H22O. The molecule has 72 valence electrons. The van der Waals surface area contributed by atoms with E-state index in [1.54, 1.807) is 0 Å². The fourth-order valence-electron chi connectivity index (χ4n) is 2.49. The SMILES string of the molecule is CC(C)C1(C(C)(C)C)CCOC1. The minimum atomic E-state index is 0.373. The first-order chi connectivity index (χ1) is 5.40. The predicted molar refractivity (Wildman–Crippen MR) is 52.2 cm³/mol. The summed E-state index contributed by atoms with van der Waals surface area (Å²) >= 11 is 0. The second-order valence-electron chi connectivity index (χ2n) is 5.36. The van der Waals surface area contributed by atoms with Gasteiger partial charge in [0.2, 0.25) is 0 Å². The molecule has 0 bridgehead atoms. The Morgan fingerprint density at radius 1 is 1.25 bits per heavy atom. The van der Waals surface area contributed by atoms with Gasteiger partial charge < -0.3 is 4.74 Å². The molecule has 0 amide bonds. The highest BCUT2D eigenvalue weighted by molar-refractivity contribution is 4.95. The van der Waals surface area contributed by atoms with E-state index in [9.17, 15) is 0 Å². The fraction of sp³-hybridized carbons (Fsp3) is 1.00. The Morgan fingerprint density at radius 2 is 1.83 bits per heavy atom. The van der Waals surface area contributed by atoms with Crippen LogP contribution in [0.15, 0.2) is 0 Å². The van der Waals surface area contributed by atoms with E-state index in [2.05, 4.69) is 34.6 Å². The molecule has 0 radical (unpaired) electrons. The normalized spacial score (nSPS) is 31.5. The Labute approximate surface area is 76.5 Å². The number of rotatable bonds is 1. The van der Waals surface area contributed by atoms with Crippen molar-refractivity contribution in [3.63, 3.8) is 0 Å². The van der Waals surface area contributed by atoms with Gasteiger partial charge in [0.15, 0.2) is 0 Å². The number of hydrogen-bond donors (Lipinski definition) is 0. The number of hydrogen-bond acceptors (Lipinski definition) is 1. The maximum atomic E-state index is 5.55. The molecule has 0 aromatic rings. The molecule has 1 heteroatoms. The molecule has 0 N–H and O–H groups in total. The lowest BCUT2D eigenvalue weighted by Gasteiger charge is -2.44. The van der Waals surface area contributed by atoms with Gasteiger partial charge in [0.25, 0.3) is 0 Å². The minimum absolute atomic E-state index is 0.373. The highest BCUT2D eigenvalue weighted by Crippen LogP contribution is 2.50. The fourth-order valence-corrected chi connectivity index (χ4v) is 2.49. The molecule has 12 heavy (non-hydrogen) atoms. The molecule has 1 heterocycles. The van der Waals surface area contributed by atoms with E-state index in [-0.39, 0.29) is 0 Å². The van der Waals surface area contributed by atoms with E-state index in [0.717, 1.165) is 19.1 Å². The lowest BCUT2D eigenvalue weighted by Crippen LogP contribution is -2.40. The lowest BCUT2D eigenvalue weighted by molar-refractivity contribution is 0.0171. The second kappa shape index (κ2) is 3.02. The minimum Gasteiger partial charge on any atom is -0.381 e. The zero-order valence-electron chi connectivity index (χ0n) is 9.11. The van der Waals surface area contributed by atoms with Gasteiger partial charge in [0, 0.05) is 12.0 Å². The molecule has 1 aliphatic heterocycles. The standard InChI is InChI=1S/C11H22O/c1-9(2)11(10(3,4)5)6-7-12-8-11/h9H,6-8H2,1-5H3. The van der Waals surface area contributed by atoms with Crippen LogP contribution < -0.4 is 0 Å². The molecule has 1 aliphatic rings. The van der Waals surface area contributed by atoms with Gasteiger partial charge in [0.1, 0.15) is 0 Å². The first-order valence-corrected chi connectivity index (χ1v) is 4.98. The molecule has 0 aromatic heterocycles.